The van der Waals surface area contributed by atoms with E-state index in [0.717, 1.165) is 22.2 Å². The standard InChI is InChI=1S/C19H17N3O2S/c1-14-6-8-15(9-7-14)25(23,24)22-11-10-17-16(4-3-5-19(17)22)18-12-21(2)13-20-18/h3-13H,1-2H3. The Morgan fingerprint density at radius 1 is 1.00 bits per heavy atom. The van der Waals surface area contributed by atoms with Crippen LogP contribution in [-0.4, -0.2) is 21.9 Å². The van der Waals surface area contributed by atoms with Crippen molar-refractivity contribution in [3.05, 3.63) is 72.8 Å². The molecule has 0 aliphatic rings. The number of aromatic nitrogens is 3. The topological polar surface area (TPSA) is 56.9 Å². The summed E-state index contributed by atoms with van der Waals surface area (Å²) >= 11 is 0. The molecular formula is C19H17N3O2S. The molecule has 0 radical (unpaired) electrons. The Kier molecular flexibility index (Phi) is 3.51. The van der Waals surface area contributed by atoms with Gasteiger partial charge in [0.2, 0.25) is 0 Å². The second kappa shape index (κ2) is 5.60. The highest BCUT2D eigenvalue weighted by atomic mass is 32.2. The van der Waals surface area contributed by atoms with E-state index in [1.807, 2.05) is 49.0 Å². The van der Waals surface area contributed by atoms with Crippen molar-refractivity contribution < 1.29 is 8.42 Å². The van der Waals surface area contributed by atoms with Crippen molar-refractivity contribution in [1.29, 1.82) is 0 Å². The average molecular weight is 351 g/mol. The van der Waals surface area contributed by atoms with E-state index in [9.17, 15) is 8.42 Å². The van der Waals surface area contributed by atoms with Crippen LogP contribution in [0.15, 0.2) is 72.1 Å². The SMILES string of the molecule is Cc1ccc(S(=O)(=O)n2ccc3c(-c4cn(C)cn4)cccc32)cc1. The molecule has 4 rings (SSSR count). The first-order chi connectivity index (χ1) is 12.0. The number of hydrogen-bond acceptors (Lipinski definition) is 3. The van der Waals surface area contributed by atoms with E-state index in [4.69, 9.17) is 0 Å². The third kappa shape index (κ3) is 2.55. The Hall–Kier alpha value is -2.86. The summed E-state index contributed by atoms with van der Waals surface area (Å²) in [6.07, 6.45) is 5.25. The lowest BCUT2D eigenvalue weighted by molar-refractivity contribution is 0.589. The zero-order valence-corrected chi connectivity index (χ0v) is 14.7. The molecule has 0 N–H and O–H groups in total. The fourth-order valence-corrected chi connectivity index (χ4v) is 4.30. The maximum Gasteiger partial charge on any atom is 0.268 e. The summed E-state index contributed by atoms with van der Waals surface area (Å²) in [4.78, 5) is 4.66. The largest absolute Gasteiger partial charge is 0.340 e. The number of imidazole rings is 1. The molecule has 0 aliphatic heterocycles. The van der Waals surface area contributed by atoms with Gasteiger partial charge in [0, 0.05) is 30.4 Å². The summed E-state index contributed by atoms with van der Waals surface area (Å²) in [5, 5.41) is 0.858. The summed E-state index contributed by atoms with van der Waals surface area (Å²) in [6.45, 7) is 1.93. The van der Waals surface area contributed by atoms with Gasteiger partial charge in [0.15, 0.2) is 0 Å². The van der Waals surface area contributed by atoms with Crippen LogP contribution in [-0.2, 0) is 17.1 Å². The zero-order valence-electron chi connectivity index (χ0n) is 13.9. The van der Waals surface area contributed by atoms with Crippen LogP contribution in [0.25, 0.3) is 22.2 Å². The molecule has 2 aromatic carbocycles. The van der Waals surface area contributed by atoms with Crippen molar-refractivity contribution >= 4 is 20.9 Å². The van der Waals surface area contributed by atoms with Gasteiger partial charge in [0.05, 0.1) is 22.4 Å². The Morgan fingerprint density at radius 2 is 1.76 bits per heavy atom. The minimum absolute atomic E-state index is 0.277. The van der Waals surface area contributed by atoms with E-state index < -0.39 is 10.0 Å². The van der Waals surface area contributed by atoms with Gasteiger partial charge in [0.25, 0.3) is 10.0 Å². The fourth-order valence-electron chi connectivity index (χ4n) is 2.95. The lowest BCUT2D eigenvalue weighted by Crippen LogP contribution is -2.11. The summed E-state index contributed by atoms with van der Waals surface area (Å²) in [7, 11) is -1.74. The molecule has 0 atom stereocenters. The smallest absolute Gasteiger partial charge is 0.268 e. The van der Waals surface area contributed by atoms with Gasteiger partial charge < -0.3 is 4.57 Å². The van der Waals surface area contributed by atoms with Crippen LogP contribution in [0.1, 0.15) is 5.56 Å². The normalized spacial score (nSPS) is 11.9. The molecule has 5 nitrogen and oxygen atoms in total. The van der Waals surface area contributed by atoms with Gasteiger partial charge in [0.1, 0.15) is 0 Å². The number of benzene rings is 2. The molecule has 0 aliphatic carbocycles. The highest BCUT2D eigenvalue weighted by Crippen LogP contribution is 2.30. The molecule has 0 bridgehead atoms. The molecule has 0 unspecified atom stereocenters. The number of aryl methyl sites for hydroxylation is 2. The first-order valence-electron chi connectivity index (χ1n) is 7.87. The molecule has 0 saturated carbocycles. The van der Waals surface area contributed by atoms with Crippen molar-refractivity contribution in [3.8, 4) is 11.3 Å². The van der Waals surface area contributed by atoms with Crippen molar-refractivity contribution in [2.75, 3.05) is 0 Å². The van der Waals surface area contributed by atoms with Crippen molar-refractivity contribution in [2.45, 2.75) is 11.8 Å². The van der Waals surface area contributed by atoms with Crippen LogP contribution in [0.3, 0.4) is 0 Å². The molecule has 2 aromatic heterocycles. The number of nitrogens with zero attached hydrogens (tertiary/aromatic N) is 3. The zero-order chi connectivity index (χ0) is 17.6. The second-order valence-electron chi connectivity index (χ2n) is 6.09. The highest BCUT2D eigenvalue weighted by Gasteiger charge is 2.20. The minimum atomic E-state index is -3.64. The van der Waals surface area contributed by atoms with E-state index in [0.29, 0.717) is 5.52 Å². The Bertz CT molecular complexity index is 1170. The van der Waals surface area contributed by atoms with E-state index in [1.54, 1.807) is 36.8 Å². The van der Waals surface area contributed by atoms with Gasteiger partial charge >= 0.3 is 0 Å². The molecule has 0 spiro atoms. The molecule has 0 fully saturated rings. The third-order valence-electron chi connectivity index (χ3n) is 4.26. The molecule has 2 heterocycles. The Balaban J connectivity index is 1.91. The lowest BCUT2D eigenvalue weighted by atomic mass is 10.1. The van der Waals surface area contributed by atoms with Crippen molar-refractivity contribution in [2.24, 2.45) is 7.05 Å². The maximum absolute atomic E-state index is 13.0. The first kappa shape index (κ1) is 15.7. The van der Waals surface area contributed by atoms with Gasteiger partial charge in [-0.15, -0.1) is 0 Å². The Labute approximate surface area is 146 Å². The predicted octanol–water partition coefficient (Wildman–Crippen LogP) is 3.59. The van der Waals surface area contributed by atoms with E-state index in [1.165, 1.54) is 3.97 Å². The van der Waals surface area contributed by atoms with Crippen LogP contribution in [0.4, 0.5) is 0 Å². The summed E-state index contributed by atoms with van der Waals surface area (Å²) in [5.74, 6) is 0. The van der Waals surface area contributed by atoms with Gasteiger partial charge in [-0.25, -0.2) is 17.4 Å². The average Bonchev–Trinajstić information content (AvgIpc) is 3.21. The minimum Gasteiger partial charge on any atom is -0.340 e. The molecule has 126 valence electrons. The van der Waals surface area contributed by atoms with Crippen molar-refractivity contribution in [3.63, 3.8) is 0 Å². The monoisotopic (exact) mass is 351 g/mol. The first-order valence-corrected chi connectivity index (χ1v) is 9.31. The summed E-state index contributed by atoms with van der Waals surface area (Å²) in [6, 6.07) is 14.3. The number of hydrogen-bond donors (Lipinski definition) is 0. The summed E-state index contributed by atoms with van der Waals surface area (Å²) < 4.78 is 29.2. The molecule has 6 heteroatoms. The van der Waals surface area contributed by atoms with Crippen LogP contribution < -0.4 is 0 Å². The molecule has 4 aromatic rings. The highest BCUT2D eigenvalue weighted by molar-refractivity contribution is 7.90. The van der Waals surface area contributed by atoms with Crippen molar-refractivity contribution in [1.82, 2.24) is 13.5 Å². The third-order valence-corrected chi connectivity index (χ3v) is 5.96. The van der Waals surface area contributed by atoms with Gasteiger partial charge in [-0.3, -0.25) is 0 Å². The second-order valence-corrected chi connectivity index (χ2v) is 7.91. The fraction of sp³-hybridized carbons (Fsp3) is 0.105. The summed E-state index contributed by atoms with van der Waals surface area (Å²) in [5.41, 5.74) is 3.40. The predicted molar refractivity (Wildman–Crippen MR) is 97.9 cm³/mol. The van der Waals surface area contributed by atoms with Gasteiger partial charge in [-0.1, -0.05) is 29.8 Å². The van der Waals surface area contributed by atoms with E-state index in [-0.39, 0.29) is 4.90 Å². The number of fused-ring (bicyclic) bond motifs is 1. The van der Waals surface area contributed by atoms with Gasteiger partial charge in [-0.05, 0) is 31.2 Å². The van der Waals surface area contributed by atoms with E-state index in [2.05, 4.69) is 4.98 Å². The van der Waals surface area contributed by atoms with Crippen LogP contribution in [0.2, 0.25) is 0 Å². The number of rotatable bonds is 3. The molecule has 25 heavy (non-hydrogen) atoms. The molecular weight excluding hydrogens is 334 g/mol. The Morgan fingerprint density at radius 3 is 2.44 bits per heavy atom. The molecule has 0 saturated heterocycles. The van der Waals surface area contributed by atoms with Gasteiger partial charge in [-0.2, -0.15) is 0 Å². The maximum atomic E-state index is 13.0. The van der Waals surface area contributed by atoms with Crippen LogP contribution >= 0.6 is 0 Å². The van der Waals surface area contributed by atoms with E-state index >= 15 is 0 Å². The van der Waals surface area contributed by atoms with Crippen LogP contribution in [0.5, 0.6) is 0 Å². The van der Waals surface area contributed by atoms with Crippen LogP contribution in [0, 0.1) is 6.92 Å². The quantitative estimate of drug-likeness (QED) is 0.567. The lowest BCUT2D eigenvalue weighted by Gasteiger charge is -2.08. The molecule has 0 amide bonds.